The summed E-state index contributed by atoms with van der Waals surface area (Å²) in [6.07, 6.45) is 1.59. The molecule has 21 heavy (non-hydrogen) atoms. The van der Waals surface area contributed by atoms with Gasteiger partial charge in [-0.15, -0.1) is 0 Å². The lowest BCUT2D eigenvalue weighted by Gasteiger charge is -2.17. The molecule has 1 rings (SSSR count). The van der Waals surface area contributed by atoms with E-state index in [0.29, 0.717) is 12.2 Å². The van der Waals surface area contributed by atoms with E-state index in [1.54, 1.807) is 26.2 Å². The van der Waals surface area contributed by atoms with Crippen molar-refractivity contribution in [1.82, 2.24) is 4.72 Å². The van der Waals surface area contributed by atoms with Crippen LogP contribution >= 0.6 is 12.2 Å². The fraction of sp³-hybridized carbons (Fsp3) is 0.500. The van der Waals surface area contributed by atoms with Crippen LogP contribution < -0.4 is 10.5 Å². The van der Waals surface area contributed by atoms with E-state index >= 15 is 0 Å². The number of benzene rings is 1. The Morgan fingerprint density at radius 1 is 1.48 bits per heavy atom. The largest absolute Gasteiger partial charge is 0.389 e. The van der Waals surface area contributed by atoms with Crippen LogP contribution in [0.25, 0.3) is 0 Å². The normalized spacial score (nSPS) is 13.1. The van der Waals surface area contributed by atoms with Gasteiger partial charge in [0.05, 0.1) is 11.5 Å². The topological polar surface area (TPSA) is 81.4 Å². The average molecular weight is 330 g/mol. The number of hydrogen-bond acceptors (Lipinski definition) is 4. The Bertz CT molecular complexity index is 594. The number of ether oxygens (including phenoxy) is 1. The highest BCUT2D eigenvalue weighted by Crippen LogP contribution is 2.16. The minimum Gasteiger partial charge on any atom is -0.389 e. The zero-order valence-electron chi connectivity index (χ0n) is 12.5. The van der Waals surface area contributed by atoms with Crippen LogP contribution in [0, 0.1) is 6.92 Å². The Kier molecular flexibility index (Phi) is 6.73. The maximum absolute atomic E-state index is 12.4. The molecule has 0 amide bonds. The lowest BCUT2D eigenvalue weighted by molar-refractivity contribution is 0.171. The summed E-state index contributed by atoms with van der Waals surface area (Å²) in [5, 5.41) is 0. The zero-order chi connectivity index (χ0) is 16.0. The van der Waals surface area contributed by atoms with Gasteiger partial charge in [-0.1, -0.05) is 31.6 Å². The molecule has 0 saturated heterocycles. The van der Waals surface area contributed by atoms with E-state index in [1.807, 2.05) is 6.92 Å². The number of hydrogen-bond donors (Lipinski definition) is 2. The third kappa shape index (κ3) is 5.03. The van der Waals surface area contributed by atoms with Crippen LogP contribution in [-0.2, 0) is 14.8 Å². The molecule has 0 heterocycles. The van der Waals surface area contributed by atoms with Gasteiger partial charge in [0.2, 0.25) is 10.0 Å². The molecule has 0 spiro atoms. The van der Waals surface area contributed by atoms with Crippen molar-refractivity contribution in [1.29, 1.82) is 0 Å². The van der Waals surface area contributed by atoms with Gasteiger partial charge in [0.1, 0.15) is 4.99 Å². The van der Waals surface area contributed by atoms with Crippen molar-refractivity contribution in [3.63, 3.8) is 0 Å². The molecule has 0 aromatic heterocycles. The fourth-order valence-corrected chi connectivity index (χ4v) is 3.66. The van der Waals surface area contributed by atoms with Gasteiger partial charge in [-0.25, -0.2) is 13.1 Å². The molecular weight excluding hydrogens is 308 g/mol. The number of methoxy groups -OCH3 is 1. The lowest BCUT2D eigenvalue weighted by atomic mass is 10.1. The minimum absolute atomic E-state index is 0.206. The Morgan fingerprint density at radius 3 is 2.62 bits per heavy atom. The van der Waals surface area contributed by atoms with E-state index in [4.69, 9.17) is 22.7 Å². The van der Waals surface area contributed by atoms with Crippen LogP contribution in [0.4, 0.5) is 0 Å². The van der Waals surface area contributed by atoms with Gasteiger partial charge in [-0.3, -0.25) is 0 Å². The molecule has 0 bridgehead atoms. The van der Waals surface area contributed by atoms with Crippen molar-refractivity contribution in [2.24, 2.45) is 5.73 Å². The molecule has 7 heteroatoms. The molecule has 118 valence electrons. The second-order valence-electron chi connectivity index (χ2n) is 4.90. The Hall–Kier alpha value is -1.02. The van der Waals surface area contributed by atoms with Crippen LogP contribution in [0.3, 0.4) is 0 Å². The molecule has 0 radical (unpaired) electrons. The van der Waals surface area contributed by atoms with Crippen molar-refractivity contribution in [2.45, 2.75) is 37.6 Å². The molecule has 0 aliphatic carbocycles. The summed E-state index contributed by atoms with van der Waals surface area (Å²) >= 11 is 4.92. The summed E-state index contributed by atoms with van der Waals surface area (Å²) in [7, 11) is -2.03. The quantitative estimate of drug-likeness (QED) is 0.709. The van der Waals surface area contributed by atoms with Crippen LogP contribution in [0.15, 0.2) is 23.1 Å². The number of thiocarbonyl (C=S) groups is 1. The highest BCUT2D eigenvalue weighted by molar-refractivity contribution is 7.89. The zero-order valence-corrected chi connectivity index (χ0v) is 14.2. The van der Waals surface area contributed by atoms with Crippen LogP contribution in [0.1, 0.15) is 30.9 Å². The van der Waals surface area contributed by atoms with Gasteiger partial charge in [0, 0.05) is 18.7 Å². The molecule has 3 N–H and O–H groups in total. The Morgan fingerprint density at radius 2 is 2.14 bits per heavy atom. The van der Waals surface area contributed by atoms with Crippen molar-refractivity contribution in [2.75, 3.05) is 13.7 Å². The first-order valence-corrected chi connectivity index (χ1v) is 8.62. The third-order valence-corrected chi connectivity index (χ3v) is 4.84. The molecule has 0 aliphatic rings. The van der Waals surface area contributed by atoms with Crippen molar-refractivity contribution < 1.29 is 13.2 Å². The molecule has 0 saturated carbocycles. The number of nitrogens with two attached hydrogens (primary N) is 1. The first-order valence-electron chi connectivity index (χ1n) is 6.73. The van der Waals surface area contributed by atoms with Gasteiger partial charge in [-0.05, 0) is 31.0 Å². The highest BCUT2D eigenvalue weighted by Gasteiger charge is 2.20. The molecule has 0 fully saturated rings. The summed E-state index contributed by atoms with van der Waals surface area (Å²) in [4.78, 5) is 0.463. The van der Waals surface area contributed by atoms with Crippen molar-refractivity contribution in [3.8, 4) is 0 Å². The number of rotatable bonds is 8. The highest BCUT2D eigenvalue weighted by atomic mass is 32.2. The molecule has 1 aromatic carbocycles. The van der Waals surface area contributed by atoms with Gasteiger partial charge in [0.15, 0.2) is 0 Å². The van der Waals surface area contributed by atoms with Crippen molar-refractivity contribution >= 4 is 27.2 Å². The molecule has 0 aliphatic heterocycles. The first kappa shape index (κ1) is 18.0. The van der Waals surface area contributed by atoms with Gasteiger partial charge >= 0.3 is 0 Å². The van der Waals surface area contributed by atoms with E-state index in [9.17, 15) is 8.42 Å². The van der Waals surface area contributed by atoms with Crippen LogP contribution in [-0.4, -0.2) is 33.2 Å². The van der Waals surface area contributed by atoms with Gasteiger partial charge in [-0.2, -0.15) is 0 Å². The second-order valence-corrected chi connectivity index (χ2v) is 7.06. The summed E-state index contributed by atoms with van der Waals surface area (Å²) in [5.41, 5.74) is 7.01. The van der Waals surface area contributed by atoms with E-state index < -0.39 is 10.0 Å². The minimum atomic E-state index is -3.58. The number of nitrogens with one attached hydrogen (secondary N) is 1. The predicted molar refractivity (Wildman–Crippen MR) is 88.0 cm³/mol. The van der Waals surface area contributed by atoms with E-state index in [-0.39, 0.29) is 15.9 Å². The van der Waals surface area contributed by atoms with Crippen LogP contribution in [0.2, 0.25) is 0 Å². The Labute approximate surface area is 131 Å². The van der Waals surface area contributed by atoms with Crippen LogP contribution in [0.5, 0.6) is 0 Å². The van der Waals surface area contributed by atoms with E-state index in [1.165, 1.54) is 6.07 Å². The summed E-state index contributed by atoms with van der Waals surface area (Å²) in [5.74, 6) is 0. The fourth-order valence-electron chi connectivity index (χ4n) is 2.09. The smallest absolute Gasteiger partial charge is 0.240 e. The van der Waals surface area contributed by atoms with E-state index in [2.05, 4.69) is 4.72 Å². The predicted octanol–water partition coefficient (Wildman–Crippen LogP) is 1.72. The monoisotopic (exact) mass is 330 g/mol. The molecule has 1 atom stereocenters. The average Bonchev–Trinajstić information content (AvgIpc) is 2.38. The van der Waals surface area contributed by atoms with E-state index in [0.717, 1.165) is 18.4 Å². The standard InChI is InChI=1S/C14H22N2O3S2/c1-4-5-11(9-19-3)16-21(17,18)12-6-7-13(14(15)20)10(2)8-12/h6-8,11,16H,4-5,9H2,1-3H3,(H2,15,20). The number of sulfonamides is 1. The maximum Gasteiger partial charge on any atom is 0.240 e. The lowest BCUT2D eigenvalue weighted by Crippen LogP contribution is -2.37. The molecule has 5 nitrogen and oxygen atoms in total. The SMILES string of the molecule is CCCC(COC)NS(=O)(=O)c1ccc(C(N)=S)c(C)c1. The third-order valence-electron chi connectivity index (χ3n) is 3.10. The van der Waals surface area contributed by atoms with Gasteiger partial charge < -0.3 is 10.5 Å². The first-order chi connectivity index (χ1) is 9.81. The maximum atomic E-state index is 12.4. The van der Waals surface area contributed by atoms with Crippen molar-refractivity contribution in [3.05, 3.63) is 29.3 Å². The summed E-state index contributed by atoms with van der Waals surface area (Å²) < 4.78 is 32.5. The molecule has 1 aromatic rings. The molecular formula is C14H22N2O3S2. The van der Waals surface area contributed by atoms with Gasteiger partial charge in [0.25, 0.3) is 0 Å². The summed E-state index contributed by atoms with van der Waals surface area (Å²) in [6.45, 7) is 4.13. The Balaban J connectivity index is 3.02. The number of aryl methyl sites for hydroxylation is 1. The second kappa shape index (κ2) is 7.84. The summed E-state index contributed by atoms with van der Waals surface area (Å²) in [6, 6.07) is 4.49. The molecule has 1 unspecified atom stereocenters.